The van der Waals surface area contributed by atoms with Gasteiger partial charge in [0.2, 0.25) is 5.91 Å². The average molecular weight is 348 g/mol. The summed E-state index contributed by atoms with van der Waals surface area (Å²) in [6, 6.07) is 2.40. The van der Waals surface area contributed by atoms with E-state index in [2.05, 4.69) is 22.1 Å². The standard InChI is InChI=1S/C19H32N4O2/c1-14-8-6-7-9-17(14)21-19(20-12-18(24)22(3)4)23(5)13-16-10-11-25-15(16)2/h10-11,14,17H,6-9,12-13H2,1-5H3,(H,20,21). The molecule has 1 aromatic heterocycles. The van der Waals surface area contributed by atoms with Crippen LogP contribution in [-0.4, -0.2) is 55.4 Å². The Morgan fingerprint density at radius 2 is 2.04 bits per heavy atom. The molecule has 0 bridgehead atoms. The minimum Gasteiger partial charge on any atom is -0.469 e. The van der Waals surface area contributed by atoms with Gasteiger partial charge < -0.3 is 19.5 Å². The predicted octanol–water partition coefficient (Wildman–Crippen LogP) is 2.63. The van der Waals surface area contributed by atoms with Crippen LogP contribution in [0.2, 0.25) is 0 Å². The first-order valence-electron chi connectivity index (χ1n) is 9.13. The van der Waals surface area contributed by atoms with Crippen molar-refractivity contribution in [1.82, 2.24) is 15.1 Å². The Kier molecular flexibility index (Phi) is 6.91. The minimum absolute atomic E-state index is 0.00360. The number of likely N-dealkylation sites (N-methyl/N-ethyl adjacent to an activating group) is 1. The van der Waals surface area contributed by atoms with Gasteiger partial charge in [-0.05, 0) is 31.7 Å². The van der Waals surface area contributed by atoms with Crippen LogP contribution < -0.4 is 5.32 Å². The number of nitrogens with zero attached hydrogens (tertiary/aromatic N) is 3. The first kappa shape index (κ1) is 19.3. The Morgan fingerprint density at radius 1 is 1.32 bits per heavy atom. The van der Waals surface area contributed by atoms with Gasteiger partial charge >= 0.3 is 0 Å². The van der Waals surface area contributed by atoms with E-state index in [0.717, 1.165) is 23.7 Å². The number of guanidine groups is 1. The molecule has 0 aromatic carbocycles. The lowest BCUT2D eigenvalue weighted by molar-refractivity contribution is -0.127. The fraction of sp³-hybridized carbons (Fsp3) is 0.684. The second-order valence-electron chi connectivity index (χ2n) is 7.30. The number of rotatable bonds is 5. The van der Waals surface area contributed by atoms with Crippen LogP contribution in [0.25, 0.3) is 0 Å². The van der Waals surface area contributed by atoms with Gasteiger partial charge in [-0.1, -0.05) is 19.8 Å². The van der Waals surface area contributed by atoms with Crippen molar-refractivity contribution in [2.75, 3.05) is 27.7 Å². The van der Waals surface area contributed by atoms with Gasteiger partial charge in [0, 0.05) is 39.3 Å². The van der Waals surface area contributed by atoms with E-state index < -0.39 is 0 Å². The number of nitrogens with one attached hydrogen (secondary N) is 1. The second-order valence-corrected chi connectivity index (χ2v) is 7.30. The molecule has 1 heterocycles. The van der Waals surface area contributed by atoms with E-state index in [1.54, 1.807) is 25.3 Å². The van der Waals surface area contributed by atoms with E-state index in [1.165, 1.54) is 19.3 Å². The van der Waals surface area contributed by atoms with Crippen molar-refractivity contribution in [3.8, 4) is 0 Å². The van der Waals surface area contributed by atoms with Gasteiger partial charge in [-0.2, -0.15) is 0 Å². The number of carbonyl (C=O) groups is 1. The smallest absolute Gasteiger partial charge is 0.243 e. The monoisotopic (exact) mass is 348 g/mol. The van der Waals surface area contributed by atoms with Crippen molar-refractivity contribution in [2.24, 2.45) is 10.9 Å². The molecule has 2 rings (SSSR count). The number of hydrogen-bond donors (Lipinski definition) is 1. The molecule has 140 valence electrons. The van der Waals surface area contributed by atoms with Gasteiger partial charge in [-0.25, -0.2) is 4.99 Å². The van der Waals surface area contributed by atoms with Crippen LogP contribution in [0.15, 0.2) is 21.7 Å². The topological polar surface area (TPSA) is 61.1 Å². The summed E-state index contributed by atoms with van der Waals surface area (Å²) >= 11 is 0. The zero-order chi connectivity index (χ0) is 18.4. The van der Waals surface area contributed by atoms with Crippen LogP contribution in [0.3, 0.4) is 0 Å². The average Bonchev–Trinajstić information content (AvgIpc) is 2.97. The molecule has 1 amide bonds. The van der Waals surface area contributed by atoms with Gasteiger partial charge in [0.25, 0.3) is 0 Å². The summed E-state index contributed by atoms with van der Waals surface area (Å²) in [5, 5.41) is 3.61. The molecule has 1 fully saturated rings. The summed E-state index contributed by atoms with van der Waals surface area (Å²) in [6.07, 6.45) is 6.65. The molecular formula is C19H32N4O2. The van der Waals surface area contributed by atoms with Crippen LogP contribution in [0.5, 0.6) is 0 Å². The van der Waals surface area contributed by atoms with Gasteiger partial charge in [-0.3, -0.25) is 4.79 Å². The van der Waals surface area contributed by atoms with E-state index in [-0.39, 0.29) is 12.5 Å². The van der Waals surface area contributed by atoms with Crippen molar-refractivity contribution >= 4 is 11.9 Å². The maximum atomic E-state index is 12.0. The molecule has 1 aliphatic carbocycles. The van der Waals surface area contributed by atoms with E-state index in [4.69, 9.17) is 4.42 Å². The number of aryl methyl sites for hydroxylation is 1. The SMILES string of the molecule is Cc1occc1CN(C)C(=NCC(=O)N(C)C)NC1CCCCC1C. The molecule has 1 aromatic rings. The fourth-order valence-corrected chi connectivity index (χ4v) is 3.16. The van der Waals surface area contributed by atoms with Gasteiger partial charge in [0.15, 0.2) is 5.96 Å². The molecule has 0 radical (unpaired) electrons. The normalized spacial score (nSPS) is 21.1. The van der Waals surface area contributed by atoms with Crippen molar-refractivity contribution in [2.45, 2.75) is 52.1 Å². The third kappa shape index (κ3) is 5.51. The van der Waals surface area contributed by atoms with E-state index >= 15 is 0 Å². The minimum atomic E-state index is 0.00360. The van der Waals surface area contributed by atoms with Crippen molar-refractivity contribution in [3.63, 3.8) is 0 Å². The Hall–Kier alpha value is -1.98. The zero-order valence-corrected chi connectivity index (χ0v) is 16.2. The van der Waals surface area contributed by atoms with Crippen molar-refractivity contribution < 1.29 is 9.21 Å². The first-order valence-corrected chi connectivity index (χ1v) is 9.13. The lowest BCUT2D eigenvalue weighted by atomic mass is 9.86. The molecule has 1 saturated carbocycles. The highest BCUT2D eigenvalue weighted by Crippen LogP contribution is 2.24. The van der Waals surface area contributed by atoms with Crippen LogP contribution >= 0.6 is 0 Å². The maximum absolute atomic E-state index is 12.0. The van der Waals surface area contributed by atoms with Crippen LogP contribution in [0.4, 0.5) is 0 Å². The molecule has 2 atom stereocenters. The summed E-state index contributed by atoms with van der Waals surface area (Å²) in [6.45, 7) is 5.11. The summed E-state index contributed by atoms with van der Waals surface area (Å²) in [4.78, 5) is 20.2. The lowest BCUT2D eigenvalue weighted by Gasteiger charge is -2.33. The Bertz CT molecular complexity index is 594. The number of furan rings is 1. The molecule has 1 N–H and O–H groups in total. The lowest BCUT2D eigenvalue weighted by Crippen LogP contribution is -2.48. The highest BCUT2D eigenvalue weighted by atomic mass is 16.3. The quantitative estimate of drug-likeness (QED) is 0.656. The molecular weight excluding hydrogens is 316 g/mol. The molecule has 2 unspecified atom stereocenters. The maximum Gasteiger partial charge on any atom is 0.243 e. The molecule has 25 heavy (non-hydrogen) atoms. The Labute approximate surface area is 151 Å². The first-order chi connectivity index (χ1) is 11.9. The van der Waals surface area contributed by atoms with Gasteiger partial charge in [0.05, 0.1) is 6.26 Å². The van der Waals surface area contributed by atoms with Gasteiger partial charge in [-0.15, -0.1) is 0 Å². The summed E-state index contributed by atoms with van der Waals surface area (Å²) in [5.41, 5.74) is 1.13. The highest BCUT2D eigenvalue weighted by molar-refractivity contribution is 5.84. The summed E-state index contributed by atoms with van der Waals surface area (Å²) < 4.78 is 5.39. The predicted molar refractivity (Wildman–Crippen MR) is 100 cm³/mol. The fourth-order valence-electron chi connectivity index (χ4n) is 3.16. The van der Waals surface area contributed by atoms with Crippen molar-refractivity contribution in [3.05, 3.63) is 23.7 Å². The largest absolute Gasteiger partial charge is 0.469 e. The van der Waals surface area contributed by atoms with Crippen LogP contribution in [0, 0.1) is 12.8 Å². The molecule has 1 aliphatic rings. The number of carbonyl (C=O) groups excluding carboxylic acids is 1. The third-order valence-electron chi connectivity index (χ3n) is 5.02. The summed E-state index contributed by atoms with van der Waals surface area (Å²) in [5.74, 6) is 2.33. The van der Waals surface area contributed by atoms with E-state index in [0.29, 0.717) is 18.5 Å². The van der Waals surface area contributed by atoms with Crippen LogP contribution in [-0.2, 0) is 11.3 Å². The third-order valence-corrected chi connectivity index (χ3v) is 5.02. The number of hydrogen-bond acceptors (Lipinski definition) is 3. The van der Waals surface area contributed by atoms with Crippen molar-refractivity contribution in [1.29, 1.82) is 0 Å². The van der Waals surface area contributed by atoms with E-state index in [1.807, 2.05) is 20.0 Å². The molecule has 0 aliphatic heterocycles. The van der Waals surface area contributed by atoms with E-state index in [9.17, 15) is 4.79 Å². The second kappa shape index (κ2) is 8.92. The molecule has 0 saturated heterocycles. The molecule has 6 heteroatoms. The highest BCUT2D eigenvalue weighted by Gasteiger charge is 2.23. The number of amides is 1. The van der Waals surface area contributed by atoms with Crippen LogP contribution in [0.1, 0.15) is 43.9 Å². The Balaban J connectivity index is 2.10. The zero-order valence-electron chi connectivity index (χ0n) is 16.2. The van der Waals surface area contributed by atoms with Gasteiger partial charge in [0.1, 0.15) is 12.3 Å². The number of aliphatic imine (C=N–C) groups is 1. The Morgan fingerprint density at radius 3 is 2.64 bits per heavy atom. The molecule has 0 spiro atoms. The molecule has 6 nitrogen and oxygen atoms in total. The summed E-state index contributed by atoms with van der Waals surface area (Å²) in [7, 11) is 5.52.